The lowest BCUT2D eigenvalue weighted by Crippen LogP contribution is -2.20. The summed E-state index contributed by atoms with van der Waals surface area (Å²) < 4.78 is 34.3. The number of hydrogen-bond acceptors (Lipinski definition) is 6. The number of anilines is 1. The van der Waals surface area contributed by atoms with Crippen LogP contribution in [0.3, 0.4) is 0 Å². The average Bonchev–Trinajstić information content (AvgIpc) is 2.84. The number of carbonyl (C=O) groups is 1. The average molecular weight is 533 g/mol. The Morgan fingerprint density at radius 1 is 0.838 bits per heavy atom. The Balaban J connectivity index is 1.74. The zero-order chi connectivity index (χ0) is 27.3. The predicted octanol–water partition coefficient (Wildman–Crippen LogP) is 6.92. The predicted molar refractivity (Wildman–Crippen MR) is 150 cm³/mol. The monoisotopic (exact) mass is 532 g/mol. The maximum absolute atomic E-state index is 12.7. The summed E-state index contributed by atoms with van der Waals surface area (Å²) in [6.45, 7) is 7.78. The van der Waals surface area contributed by atoms with E-state index in [1.807, 2.05) is 82.3 Å². The van der Waals surface area contributed by atoms with E-state index < -0.39 is 7.75 Å². The molecule has 0 saturated heterocycles. The van der Waals surface area contributed by atoms with Crippen LogP contribution in [-0.4, -0.2) is 38.9 Å². The summed E-state index contributed by atoms with van der Waals surface area (Å²) in [6.07, 6.45) is 6.30. The highest BCUT2D eigenvalue weighted by Crippen LogP contribution is 2.46. The molecule has 2 aromatic rings. The van der Waals surface area contributed by atoms with Gasteiger partial charge in [0.2, 0.25) is 5.91 Å². The van der Waals surface area contributed by atoms with Gasteiger partial charge >= 0.3 is 7.75 Å². The molecule has 0 aliphatic heterocycles. The molecule has 0 aliphatic carbocycles. The second-order valence-electron chi connectivity index (χ2n) is 9.17. The molecule has 9 heteroatoms. The number of rotatable bonds is 16. The van der Waals surface area contributed by atoms with Gasteiger partial charge in [-0.25, -0.2) is 9.65 Å². The molecule has 2 N–H and O–H groups in total. The zero-order valence-corrected chi connectivity index (χ0v) is 23.7. The molecule has 204 valence electrons. The Bertz CT molecular complexity index is 1020. The summed E-state index contributed by atoms with van der Waals surface area (Å²) in [4.78, 5) is 12.3. The van der Waals surface area contributed by atoms with Crippen LogP contribution < -0.4 is 19.9 Å². The fourth-order valence-electron chi connectivity index (χ4n) is 3.48. The van der Waals surface area contributed by atoms with Crippen molar-refractivity contribution in [3.8, 4) is 11.5 Å². The van der Waals surface area contributed by atoms with Gasteiger partial charge in [0.15, 0.2) is 0 Å². The third-order valence-corrected chi connectivity index (χ3v) is 7.13. The van der Waals surface area contributed by atoms with E-state index in [1.54, 1.807) is 14.2 Å². The summed E-state index contributed by atoms with van der Waals surface area (Å²) >= 11 is 0. The van der Waals surface area contributed by atoms with Gasteiger partial charge < -0.3 is 14.8 Å². The molecule has 0 heterocycles. The Morgan fingerprint density at radius 3 is 1.95 bits per heavy atom. The van der Waals surface area contributed by atoms with Gasteiger partial charge in [-0.05, 0) is 75.9 Å². The van der Waals surface area contributed by atoms with E-state index in [2.05, 4.69) is 10.4 Å². The topological polar surface area (TPSA) is 95.1 Å². The summed E-state index contributed by atoms with van der Waals surface area (Å²) in [5.74, 6) is 1.43. The molecule has 0 spiro atoms. The van der Waals surface area contributed by atoms with Gasteiger partial charge in [-0.2, -0.15) is 0 Å². The third kappa shape index (κ3) is 12.0. The van der Waals surface area contributed by atoms with Crippen LogP contribution in [0.25, 0.3) is 12.2 Å². The number of ether oxygens (including phenoxy) is 2. The first-order valence-electron chi connectivity index (χ1n) is 12.7. The van der Waals surface area contributed by atoms with Gasteiger partial charge in [0, 0.05) is 24.7 Å². The van der Waals surface area contributed by atoms with E-state index >= 15 is 0 Å². The molecule has 37 heavy (non-hydrogen) atoms. The summed E-state index contributed by atoms with van der Waals surface area (Å²) in [6, 6.07) is 13.4. The van der Waals surface area contributed by atoms with Crippen LogP contribution in [0.2, 0.25) is 0 Å². The standard InChI is InChI=1S/C28H41N2O6P/c1-21(2)35-37(32,36-22(3)4)29-17-9-7-8-10-28(31)30-25-15-13-23(14-16-25)11-12-24-18-26(33-5)20-27(19-24)34-6/h11-16,18-22H,7-10,17H2,1-6H3,(H,29,32)(H,30,31)/b12-11+. The van der Waals surface area contributed by atoms with Crippen LogP contribution in [0.1, 0.15) is 64.5 Å². The number of amides is 1. The van der Waals surface area contributed by atoms with Crippen LogP contribution in [0.15, 0.2) is 42.5 Å². The van der Waals surface area contributed by atoms with Crippen LogP contribution in [0, 0.1) is 0 Å². The highest BCUT2D eigenvalue weighted by molar-refractivity contribution is 7.51. The fraction of sp³-hybridized carbons (Fsp3) is 0.464. The molecule has 0 bridgehead atoms. The van der Waals surface area contributed by atoms with Crippen molar-refractivity contribution in [2.75, 3.05) is 26.1 Å². The van der Waals surface area contributed by atoms with Crippen molar-refractivity contribution in [2.24, 2.45) is 0 Å². The van der Waals surface area contributed by atoms with E-state index in [4.69, 9.17) is 18.5 Å². The molecule has 2 aromatic carbocycles. The van der Waals surface area contributed by atoms with Gasteiger partial charge in [0.25, 0.3) is 0 Å². The summed E-state index contributed by atoms with van der Waals surface area (Å²) in [5, 5.41) is 5.85. The molecule has 0 radical (unpaired) electrons. The highest BCUT2D eigenvalue weighted by atomic mass is 31.2. The molecule has 0 fully saturated rings. The maximum Gasteiger partial charge on any atom is 0.406 e. The molecule has 2 rings (SSSR count). The third-order valence-electron chi connectivity index (χ3n) is 5.12. The number of unbranched alkanes of at least 4 members (excludes halogenated alkanes) is 2. The number of nitrogens with one attached hydrogen (secondary N) is 2. The van der Waals surface area contributed by atoms with E-state index in [9.17, 15) is 9.36 Å². The van der Waals surface area contributed by atoms with Crippen LogP contribution in [0.5, 0.6) is 11.5 Å². The van der Waals surface area contributed by atoms with Gasteiger partial charge in [0.05, 0.1) is 26.4 Å². The molecule has 0 unspecified atom stereocenters. The zero-order valence-electron chi connectivity index (χ0n) is 22.8. The minimum absolute atomic E-state index is 0.0309. The lowest BCUT2D eigenvalue weighted by atomic mass is 10.1. The van der Waals surface area contributed by atoms with Crippen LogP contribution >= 0.6 is 7.75 Å². The molecular formula is C28H41N2O6P. The molecular weight excluding hydrogens is 491 g/mol. The highest BCUT2D eigenvalue weighted by Gasteiger charge is 2.26. The van der Waals surface area contributed by atoms with Crippen molar-refractivity contribution in [3.05, 3.63) is 53.6 Å². The van der Waals surface area contributed by atoms with E-state index in [-0.39, 0.29) is 18.1 Å². The van der Waals surface area contributed by atoms with Crippen molar-refractivity contribution < 1.29 is 27.9 Å². The number of carbonyl (C=O) groups excluding carboxylic acids is 1. The number of hydrogen-bond donors (Lipinski definition) is 2. The normalized spacial score (nSPS) is 11.9. The molecule has 0 atom stereocenters. The van der Waals surface area contributed by atoms with Gasteiger partial charge in [-0.3, -0.25) is 13.8 Å². The van der Waals surface area contributed by atoms with Crippen molar-refractivity contribution in [2.45, 2.75) is 65.6 Å². The van der Waals surface area contributed by atoms with Gasteiger partial charge in [-0.1, -0.05) is 30.7 Å². The van der Waals surface area contributed by atoms with Crippen molar-refractivity contribution in [1.82, 2.24) is 5.09 Å². The Labute approximate surface area is 221 Å². The lowest BCUT2D eigenvalue weighted by Gasteiger charge is -2.23. The smallest absolute Gasteiger partial charge is 0.406 e. The van der Waals surface area contributed by atoms with E-state index in [0.717, 1.165) is 47.6 Å². The minimum Gasteiger partial charge on any atom is -0.497 e. The molecule has 0 aromatic heterocycles. The largest absolute Gasteiger partial charge is 0.497 e. The van der Waals surface area contributed by atoms with Gasteiger partial charge in [-0.15, -0.1) is 0 Å². The van der Waals surface area contributed by atoms with Crippen molar-refractivity contribution in [3.63, 3.8) is 0 Å². The minimum atomic E-state index is -3.33. The molecule has 0 aliphatic rings. The maximum atomic E-state index is 12.7. The Kier molecular flexibility index (Phi) is 12.9. The van der Waals surface area contributed by atoms with E-state index in [0.29, 0.717) is 13.0 Å². The quantitative estimate of drug-likeness (QED) is 0.138. The first kappa shape index (κ1) is 30.6. The first-order chi connectivity index (χ1) is 17.6. The Hall–Kier alpha value is -2.64. The van der Waals surface area contributed by atoms with E-state index in [1.165, 1.54) is 0 Å². The molecule has 1 amide bonds. The lowest BCUT2D eigenvalue weighted by molar-refractivity contribution is -0.116. The molecule has 0 saturated carbocycles. The Morgan fingerprint density at radius 2 is 1.41 bits per heavy atom. The summed E-state index contributed by atoms with van der Waals surface area (Å²) in [5.41, 5.74) is 2.73. The first-order valence-corrected chi connectivity index (χ1v) is 14.2. The summed E-state index contributed by atoms with van der Waals surface area (Å²) in [7, 11) is -0.0766. The van der Waals surface area contributed by atoms with Crippen LogP contribution in [0.4, 0.5) is 5.69 Å². The molecule has 8 nitrogen and oxygen atoms in total. The second-order valence-corrected chi connectivity index (χ2v) is 10.9. The fourth-order valence-corrected chi connectivity index (χ4v) is 5.22. The van der Waals surface area contributed by atoms with Crippen molar-refractivity contribution in [1.29, 1.82) is 0 Å². The van der Waals surface area contributed by atoms with Gasteiger partial charge in [0.1, 0.15) is 11.5 Å². The SMILES string of the molecule is COc1cc(/C=C/c2ccc(NC(=O)CCCCCNP(=O)(OC(C)C)OC(C)C)cc2)cc(OC)c1. The number of methoxy groups -OCH3 is 2. The number of benzene rings is 2. The van der Waals surface area contributed by atoms with Crippen molar-refractivity contribution >= 4 is 31.5 Å². The second kappa shape index (κ2) is 15.6. The van der Waals surface area contributed by atoms with Crippen LogP contribution in [-0.2, 0) is 18.4 Å².